The highest BCUT2D eigenvalue weighted by Crippen LogP contribution is 2.70. The lowest BCUT2D eigenvalue weighted by Crippen LogP contribution is -2.57. The normalized spacial score (nSPS) is 42.6. The molecule has 0 bridgehead atoms. The van der Waals surface area contributed by atoms with Crippen LogP contribution in [0.5, 0.6) is 0 Å². The van der Waals surface area contributed by atoms with Crippen LogP contribution in [0.15, 0.2) is 46.3 Å². The minimum Gasteiger partial charge on any atom is -0.489 e. The molecule has 1 amide bonds. The van der Waals surface area contributed by atoms with Gasteiger partial charge >= 0.3 is 0 Å². The van der Waals surface area contributed by atoms with Crippen LogP contribution in [-0.2, 0) is 14.3 Å². The summed E-state index contributed by atoms with van der Waals surface area (Å²) in [5.41, 5.74) is 10.6. The molecule has 4 heteroatoms. The molecule has 5 aliphatic carbocycles. The molecule has 3 saturated carbocycles. The van der Waals surface area contributed by atoms with E-state index in [2.05, 4.69) is 46.8 Å². The molecule has 5 aliphatic rings. The quantitative estimate of drug-likeness (QED) is 0.497. The fourth-order valence-electron chi connectivity index (χ4n) is 8.64. The zero-order chi connectivity index (χ0) is 25.4. The molecule has 0 radical (unpaired) electrons. The highest BCUT2D eigenvalue weighted by molar-refractivity contribution is 6.07. The van der Waals surface area contributed by atoms with Crippen molar-refractivity contribution in [2.75, 3.05) is 6.61 Å². The predicted octanol–water partition coefficient (Wildman–Crippen LogP) is 6.58. The lowest BCUT2D eigenvalue weighted by atomic mass is 9.39. The first-order chi connectivity index (χ1) is 16.4. The number of fused-ring (bicyclic) bond motifs is 7. The van der Waals surface area contributed by atoms with E-state index in [0.29, 0.717) is 24.2 Å². The van der Waals surface area contributed by atoms with Crippen LogP contribution in [0.25, 0.3) is 0 Å². The molecule has 35 heavy (non-hydrogen) atoms. The van der Waals surface area contributed by atoms with Gasteiger partial charge < -0.3 is 10.5 Å². The molecule has 0 aliphatic heterocycles. The summed E-state index contributed by atoms with van der Waals surface area (Å²) in [6.45, 7) is 14.1. The van der Waals surface area contributed by atoms with Gasteiger partial charge in [-0.05, 0) is 98.2 Å². The Labute approximate surface area is 211 Å². The summed E-state index contributed by atoms with van der Waals surface area (Å²) in [5.74, 6) is 1.43. The second-order valence-corrected chi connectivity index (χ2v) is 13.2. The first-order valence-electron chi connectivity index (χ1n) is 13.7. The van der Waals surface area contributed by atoms with E-state index in [1.165, 1.54) is 29.6 Å². The van der Waals surface area contributed by atoms with Crippen molar-refractivity contribution >= 4 is 11.7 Å². The largest absolute Gasteiger partial charge is 0.489 e. The van der Waals surface area contributed by atoms with E-state index in [0.717, 1.165) is 44.1 Å². The minimum absolute atomic E-state index is 0.0126. The smallest absolute Gasteiger partial charge is 0.223 e. The van der Waals surface area contributed by atoms with Crippen molar-refractivity contribution in [2.45, 2.75) is 92.9 Å². The van der Waals surface area contributed by atoms with Crippen molar-refractivity contribution in [3.63, 3.8) is 0 Å². The molecular weight excluding hydrogens is 434 g/mol. The summed E-state index contributed by atoms with van der Waals surface area (Å²) in [5, 5.41) is 0. The van der Waals surface area contributed by atoms with Crippen LogP contribution < -0.4 is 5.73 Å². The fraction of sp³-hybridized carbons (Fsp3) is 0.677. The Hall–Kier alpha value is -2.10. The van der Waals surface area contributed by atoms with Crippen LogP contribution in [0.1, 0.15) is 92.9 Å². The van der Waals surface area contributed by atoms with Gasteiger partial charge in [0.15, 0.2) is 5.76 Å². The Morgan fingerprint density at radius 3 is 2.46 bits per heavy atom. The van der Waals surface area contributed by atoms with Crippen LogP contribution in [-0.4, -0.2) is 18.3 Å². The number of hydrogen-bond acceptors (Lipinski definition) is 3. The first kappa shape index (κ1) is 24.6. The second kappa shape index (κ2) is 7.95. The molecule has 2 N–H and O–H groups in total. The van der Waals surface area contributed by atoms with Crippen LogP contribution in [0.2, 0.25) is 0 Å². The Bertz CT molecular complexity index is 1110. The van der Waals surface area contributed by atoms with Gasteiger partial charge in [0.05, 0.1) is 6.61 Å². The van der Waals surface area contributed by atoms with Gasteiger partial charge in [-0.25, -0.2) is 0 Å². The van der Waals surface area contributed by atoms with Gasteiger partial charge in [0.1, 0.15) is 0 Å². The van der Waals surface area contributed by atoms with E-state index in [1.807, 2.05) is 13.0 Å². The van der Waals surface area contributed by atoms with Gasteiger partial charge in [-0.3, -0.25) is 9.59 Å². The van der Waals surface area contributed by atoms with Crippen LogP contribution in [0.4, 0.5) is 0 Å². The molecule has 5 unspecified atom stereocenters. The van der Waals surface area contributed by atoms with Gasteiger partial charge in [-0.15, -0.1) is 0 Å². The van der Waals surface area contributed by atoms with Crippen molar-refractivity contribution < 1.29 is 14.3 Å². The van der Waals surface area contributed by atoms with Crippen molar-refractivity contribution in [1.29, 1.82) is 0 Å². The highest BCUT2D eigenvalue weighted by atomic mass is 16.5. The van der Waals surface area contributed by atoms with Crippen LogP contribution in [0, 0.1) is 33.5 Å². The maximum absolute atomic E-state index is 13.2. The lowest BCUT2D eigenvalue weighted by Gasteiger charge is -2.64. The molecule has 190 valence electrons. The molecule has 0 aromatic heterocycles. The number of carbonyl (C=O) groups excluding carboxylic acids is 2. The van der Waals surface area contributed by atoms with E-state index in [1.54, 1.807) is 0 Å². The van der Waals surface area contributed by atoms with E-state index in [-0.39, 0.29) is 27.9 Å². The maximum Gasteiger partial charge on any atom is 0.223 e. The van der Waals surface area contributed by atoms with E-state index in [4.69, 9.17) is 10.5 Å². The summed E-state index contributed by atoms with van der Waals surface area (Å²) in [6.07, 6.45) is 14.8. The molecule has 0 aromatic rings. The minimum atomic E-state index is -0.397. The van der Waals surface area contributed by atoms with Crippen molar-refractivity contribution in [1.82, 2.24) is 0 Å². The van der Waals surface area contributed by atoms with Gasteiger partial charge in [-0.1, -0.05) is 52.3 Å². The van der Waals surface area contributed by atoms with Crippen molar-refractivity contribution in [3.8, 4) is 0 Å². The molecule has 0 saturated heterocycles. The molecule has 0 spiro atoms. The number of primary amides is 1. The Balaban J connectivity index is 1.56. The maximum atomic E-state index is 13.2. The standard InChI is InChI=1S/C31H43NO3/c1-7-16-35-26-19(2)20-8-9-25-30(5,22(20)17-24(26)33)11-10-21-23-18-29(4,27(32)34)13-12-28(23,3)14-15-31(21,25)6/h8-9,17,21,23H,7,10-16,18H2,1-6H3,(H2,32,34)/t21?,23?,28?,29-,30?,31?/m1/s1. The SMILES string of the molecule is CCCOC1=C(C)C2=CC=C3C(C)(CCC4C5C[C@](C)(C(N)=O)CCC5(C)CCC34C)C2=CC1=O. The summed E-state index contributed by atoms with van der Waals surface area (Å²) in [7, 11) is 0. The third kappa shape index (κ3) is 3.38. The molecular formula is C31H43NO3. The van der Waals surface area contributed by atoms with E-state index in [9.17, 15) is 9.59 Å². The third-order valence-electron chi connectivity index (χ3n) is 11.1. The zero-order valence-corrected chi connectivity index (χ0v) is 22.6. The molecule has 3 fully saturated rings. The molecule has 0 heterocycles. The Morgan fingerprint density at radius 1 is 1.06 bits per heavy atom. The third-order valence-corrected chi connectivity index (χ3v) is 11.1. The number of carbonyl (C=O) groups is 2. The number of ether oxygens (including phenoxy) is 1. The summed E-state index contributed by atoms with van der Waals surface area (Å²) >= 11 is 0. The Kier molecular flexibility index (Phi) is 5.58. The van der Waals surface area contributed by atoms with Gasteiger partial charge in [0, 0.05) is 16.4 Å². The van der Waals surface area contributed by atoms with Crippen LogP contribution in [0.3, 0.4) is 0 Å². The average Bonchev–Trinajstić information content (AvgIpc) is 2.80. The molecule has 0 aromatic carbocycles. The van der Waals surface area contributed by atoms with E-state index < -0.39 is 5.41 Å². The van der Waals surface area contributed by atoms with Gasteiger partial charge in [0.2, 0.25) is 11.7 Å². The molecule has 4 nitrogen and oxygen atoms in total. The van der Waals surface area contributed by atoms with Crippen LogP contribution >= 0.6 is 0 Å². The Morgan fingerprint density at radius 2 is 1.77 bits per heavy atom. The van der Waals surface area contributed by atoms with Gasteiger partial charge in [-0.2, -0.15) is 0 Å². The monoisotopic (exact) mass is 477 g/mol. The van der Waals surface area contributed by atoms with E-state index >= 15 is 0 Å². The lowest BCUT2D eigenvalue weighted by molar-refractivity contribution is -0.141. The first-order valence-corrected chi connectivity index (χ1v) is 13.7. The summed E-state index contributed by atoms with van der Waals surface area (Å²) < 4.78 is 5.88. The topological polar surface area (TPSA) is 69.4 Å². The number of allylic oxidation sites excluding steroid dienone is 7. The highest BCUT2D eigenvalue weighted by Gasteiger charge is 2.62. The fourth-order valence-corrected chi connectivity index (χ4v) is 8.64. The number of nitrogens with two attached hydrogens (primary N) is 1. The average molecular weight is 478 g/mol. The van der Waals surface area contributed by atoms with Crippen molar-refractivity contribution in [2.24, 2.45) is 39.2 Å². The number of rotatable bonds is 4. The number of ketones is 1. The summed E-state index contributed by atoms with van der Waals surface area (Å²) in [6, 6.07) is 0. The predicted molar refractivity (Wildman–Crippen MR) is 139 cm³/mol. The zero-order valence-electron chi connectivity index (χ0n) is 22.6. The summed E-state index contributed by atoms with van der Waals surface area (Å²) in [4.78, 5) is 25.6. The second-order valence-electron chi connectivity index (χ2n) is 13.2. The molecule has 6 atom stereocenters. The van der Waals surface area contributed by atoms with Crippen molar-refractivity contribution in [3.05, 3.63) is 46.3 Å². The van der Waals surface area contributed by atoms with Gasteiger partial charge in [0.25, 0.3) is 0 Å². The molecule has 5 rings (SSSR count). The number of amides is 1. The number of hydrogen-bond donors (Lipinski definition) is 1.